The summed E-state index contributed by atoms with van der Waals surface area (Å²) in [6.07, 6.45) is 2.49. The molecule has 2 unspecified atom stereocenters. The first-order valence-electron chi connectivity index (χ1n) is 5.18. The van der Waals surface area contributed by atoms with Crippen LogP contribution >= 0.6 is 24.4 Å². The highest BCUT2D eigenvalue weighted by atomic mass is 32.2. The summed E-state index contributed by atoms with van der Waals surface area (Å²) in [5.74, 6) is -0.771. The van der Waals surface area contributed by atoms with Gasteiger partial charge in [0.15, 0.2) is 0 Å². The summed E-state index contributed by atoms with van der Waals surface area (Å²) in [6, 6.07) is -0.660. The number of carboxylic acids is 1. The van der Waals surface area contributed by atoms with Crippen LogP contribution in [0.1, 0.15) is 13.3 Å². The number of carbonyl (C=O) groups is 2. The van der Waals surface area contributed by atoms with E-state index < -0.39 is 12.0 Å². The molecule has 0 saturated carbocycles. The van der Waals surface area contributed by atoms with Crippen molar-refractivity contribution in [1.29, 1.82) is 0 Å². The van der Waals surface area contributed by atoms with Gasteiger partial charge in [0.2, 0.25) is 5.91 Å². The van der Waals surface area contributed by atoms with E-state index in [0.717, 1.165) is 0 Å². The third kappa shape index (κ3) is 2.85. The van der Waals surface area contributed by atoms with Gasteiger partial charge in [0.1, 0.15) is 6.04 Å². The van der Waals surface area contributed by atoms with Gasteiger partial charge in [-0.3, -0.25) is 4.79 Å². The lowest BCUT2D eigenvalue weighted by Gasteiger charge is -2.24. The highest BCUT2D eigenvalue weighted by molar-refractivity contribution is 7.99. The van der Waals surface area contributed by atoms with Crippen molar-refractivity contribution in [3.63, 3.8) is 0 Å². The standard InChI is InChI=1S/C10H17NO3S2/c1-6(5-15)9(12)11-4-7(16-2)3-8(11)10(13)14/h6-8,15H,3-5H2,1-2H3,(H,13,14)/t6?,7?,8-/m0/s1. The zero-order valence-corrected chi connectivity index (χ0v) is 11.1. The van der Waals surface area contributed by atoms with Crippen LogP contribution in [-0.4, -0.2) is 51.7 Å². The van der Waals surface area contributed by atoms with Crippen LogP contribution in [0.15, 0.2) is 0 Å². The molecule has 4 nitrogen and oxygen atoms in total. The Hall–Kier alpha value is -0.360. The molecule has 16 heavy (non-hydrogen) atoms. The number of rotatable bonds is 4. The van der Waals surface area contributed by atoms with Gasteiger partial charge in [-0.1, -0.05) is 6.92 Å². The fraction of sp³-hybridized carbons (Fsp3) is 0.800. The van der Waals surface area contributed by atoms with E-state index in [1.165, 1.54) is 4.90 Å². The van der Waals surface area contributed by atoms with Crippen LogP contribution in [-0.2, 0) is 9.59 Å². The van der Waals surface area contributed by atoms with Crippen molar-refractivity contribution in [3.05, 3.63) is 0 Å². The average molecular weight is 263 g/mol. The van der Waals surface area contributed by atoms with E-state index in [-0.39, 0.29) is 17.1 Å². The number of carbonyl (C=O) groups excluding carboxylic acids is 1. The zero-order chi connectivity index (χ0) is 12.3. The average Bonchev–Trinajstić information content (AvgIpc) is 2.71. The molecule has 0 aliphatic carbocycles. The van der Waals surface area contributed by atoms with Crippen LogP contribution < -0.4 is 0 Å². The van der Waals surface area contributed by atoms with Gasteiger partial charge in [-0.25, -0.2) is 4.79 Å². The van der Waals surface area contributed by atoms with Gasteiger partial charge in [-0.2, -0.15) is 24.4 Å². The Morgan fingerprint density at radius 3 is 2.69 bits per heavy atom. The summed E-state index contributed by atoms with van der Waals surface area (Å²) in [4.78, 5) is 24.5. The summed E-state index contributed by atoms with van der Waals surface area (Å²) in [5, 5.41) is 9.31. The maximum absolute atomic E-state index is 12.0. The third-order valence-electron chi connectivity index (χ3n) is 2.86. The molecule has 1 N–H and O–H groups in total. The second-order valence-corrected chi connectivity index (χ2v) is 5.52. The molecule has 92 valence electrons. The van der Waals surface area contributed by atoms with Crippen LogP contribution in [0.5, 0.6) is 0 Å². The summed E-state index contributed by atoms with van der Waals surface area (Å²) in [6.45, 7) is 2.32. The van der Waals surface area contributed by atoms with Crippen LogP contribution in [0, 0.1) is 5.92 Å². The van der Waals surface area contributed by atoms with Crippen molar-refractivity contribution >= 4 is 36.3 Å². The van der Waals surface area contributed by atoms with Gasteiger partial charge in [-0.05, 0) is 12.7 Å². The summed E-state index contributed by atoms with van der Waals surface area (Å²) >= 11 is 5.69. The number of hydrogen-bond donors (Lipinski definition) is 2. The quantitative estimate of drug-likeness (QED) is 0.742. The molecule has 1 aliphatic heterocycles. The number of likely N-dealkylation sites (tertiary alicyclic amines) is 1. The van der Waals surface area contributed by atoms with Crippen molar-refractivity contribution in [2.24, 2.45) is 5.92 Å². The maximum Gasteiger partial charge on any atom is 0.326 e. The fourth-order valence-corrected chi connectivity index (χ4v) is 2.65. The van der Waals surface area contributed by atoms with Gasteiger partial charge in [-0.15, -0.1) is 0 Å². The van der Waals surface area contributed by atoms with Gasteiger partial charge in [0, 0.05) is 23.5 Å². The Morgan fingerprint density at radius 2 is 2.25 bits per heavy atom. The minimum atomic E-state index is -0.906. The minimum absolute atomic E-state index is 0.0982. The third-order valence-corrected chi connectivity index (χ3v) is 4.42. The van der Waals surface area contributed by atoms with Crippen molar-refractivity contribution in [2.45, 2.75) is 24.6 Å². The highest BCUT2D eigenvalue weighted by Gasteiger charge is 2.40. The lowest BCUT2D eigenvalue weighted by atomic mass is 10.1. The predicted octanol–water partition coefficient (Wildman–Crippen LogP) is 0.969. The second kappa shape index (κ2) is 5.82. The van der Waals surface area contributed by atoms with Gasteiger partial charge in [0.25, 0.3) is 0 Å². The Balaban J connectivity index is 2.76. The molecule has 1 rings (SSSR count). The Morgan fingerprint density at radius 1 is 1.62 bits per heavy atom. The topological polar surface area (TPSA) is 57.6 Å². The maximum atomic E-state index is 12.0. The predicted molar refractivity (Wildman–Crippen MR) is 68.1 cm³/mol. The first-order valence-corrected chi connectivity index (χ1v) is 7.10. The molecule has 0 radical (unpaired) electrons. The van der Waals surface area contributed by atoms with Crippen LogP contribution in [0.4, 0.5) is 0 Å². The minimum Gasteiger partial charge on any atom is -0.480 e. The Labute approximate surface area is 105 Å². The Bertz CT molecular complexity index is 285. The van der Waals surface area contributed by atoms with Gasteiger partial charge < -0.3 is 10.0 Å². The second-order valence-electron chi connectivity index (χ2n) is 4.02. The molecule has 1 heterocycles. The lowest BCUT2D eigenvalue weighted by Crippen LogP contribution is -2.43. The highest BCUT2D eigenvalue weighted by Crippen LogP contribution is 2.27. The largest absolute Gasteiger partial charge is 0.480 e. The van der Waals surface area contributed by atoms with Crippen LogP contribution in [0.2, 0.25) is 0 Å². The summed E-state index contributed by atoms with van der Waals surface area (Å²) < 4.78 is 0. The number of amides is 1. The van der Waals surface area contributed by atoms with E-state index in [9.17, 15) is 9.59 Å². The molecule has 0 aromatic carbocycles. The lowest BCUT2D eigenvalue weighted by molar-refractivity contribution is -0.149. The number of hydrogen-bond acceptors (Lipinski definition) is 4. The molecule has 1 amide bonds. The zero-order valence-electron chi connectivity index (χ0n) is 9.42. The molecule has 6 heteroatoms. The van der Waals surface area contributed by atoms with Crippen LogP contribution in [0.25, 0.3) is 0 Å². The van der Waals surface area contributed by atoms with E-state index in [0.29, 0.717) is 18.7 Å². The van der Waals surface area contributed by atoms with Crippen molar-refractivity contribution in [3.8, 4) is 0 Å². The van der Waals surface area contributed by atoms with Crippen LogP contribution in [0.3, 0.4) is 0 Å². The molecular formula is C10H17NO3S2. The van der Waals surface area contributed by atoms with E-state index in [1.807, 2.05) is 6.26 Å². The molecule has 1 aliphatic rings. The van der Waals surface area contributed by atoms with Crippen molar-refractivity contribution in [2.75, 3.05) is 18.6 Å². The summed E-state index contributed by atoms with van der Waals surface area (Å²) in [7, 11) is 0. The number of carboxylic acid groups (broad SMARTS) is 1. The van der Waals surface area contributed by atoms with Crippen molar-refractivity contribution in [1.82, 2.24) is 4.90 Å². The molecule has 0 spiro atoms. The van der Waals surface area contributed by atoms with E-state index in [1.54, 1.807) is 18.7 Å². The van der Waals surface area contributed by atoms with Gasteiger partial charge >= 0.3 is 5.97 Å². The van der Waals surface area contributed by atoms with E-state index in [2.05, 4.69) is 12.6 Å². The normalized spacial score (nSPS) is 26.8. The van der Waals surface area contributed by atoms with E-state index >= 15 is 0 Å². The van der Waals surface area contributed by atoms with E-state index in [4.69, 9.17) is 5.11 Å². The smallest absolute Gasteiger partial charge is 0.326 e. The first kappa shape index (κ1) is 13.7. The number of aliphatic carboxylic acids is 1. The monoisotopic (exact) mass is 263 g/mol. The fourth-order valence-electron chi connectivity index (χ4n) is 1.81. The van der Waals surface area contributed by atoms with Gasteiger partial charge in [0.05, 0.1) is 0 Å². The number of thiol groups is 1. The molecular weight excluding hydrogens is 246 g/mol. The SMILES string of the molecule is CSC1C[C@@H](C(=O)O)N(C(=O)C(C)CS)C1. The molecule has 3 atom stereocenters. The van der Waals surface area contributed by atoms with Crippen molar-refractivity contribution < 1.29 is 14.7 Å². The Kier molecular flexibility index (Phi) is 4.98. The summed E-state index contributed by atoms with van der Waals surface area (Å²) in [5.41, 5.74) is 0. The molecule has 0 aromatic heterocycles. The first-order chi connectivity index (χ1) is 7.51. The molecule has 1 fully saturated rings. The number of nitrogens with zero attached hydrogens (tertiary/aromatic N) is 1. The molecule has 0 bridgehead atoms. The molecule has 0 aromatic rings. The molecule has 1 saturated heterocycles. The number of thioether (sulfide) groups is 1.